The van der Waals surface area contributed by atoms with Gasteiger partial charge in [0.25, 0.3) is 0 Å². The standard InChI is InChI=1S/C16H20N2O3/c1-11(18)6-12-7-14-15(21-10-20-14)8-13(12)19-9-16(2-3-16)4-5-17/h7-8,11H,2-4,6,9-10,18H2,1H3. The fraction of sp³-hybridized carbons (Fsp3) is 0.562. The van der Waals surface area contributed by atoms with E-state index in [2.05, 4.69) is 6.07 Å². The molecule has 1 aromatic rings. The monoisotopic (exact) mass is 288 g/mol. The van der Waals surface area contributed by atoms with E-state index in [4.69, 9.17) is 25.2 Å². The van der Waals surface area contributed by atoms with Crippen LogP contribution in [0.3, 0.4) is 0 Å². The maximum Gasteiger partial charge on any atom is 0.231 e. The van der Waals surface area contributed by atoms with Crippen LogP contribution in [0, 0.1) is 16.7 Å². The predicted octanol–water partition coefficient (Wildman–Crippen LogP) is 2.38. The van der Waals surface area contributed by atoms with E-state index in [-0.39, 0.29) is 18.2 Å². The van der Waals surface area contributed by atoms with Gasteiger partial charge in [-0.25, -0.2) is 0 Å². The molecule has 0 aromatic heterocycles. The third kappa shape index (κ3) is 3.06. The highest BCUT2D eigenvalue weighted by atomic mass is 16.7. The van der Waals surface area contributed by atoms with Gasteiger partial charge in [-0.2, -0.15) is 5.26 Å². The molecule has 1 saturated carbocycles. The lowest BCUT2D eigenvalue weighted by atomic mass is 10.0. The van der Waals surface area contributed by atoms with Crippen LogP contribution in [-0.2, 0) is 6.42 Å². The third-order valence-electron chi connectivity index (χ3n) is 4.04. The molecular formula is C16H20N2O3. The fourth-order valence-electron chi connectivity index (χ4n) is 2.55. The predicted molar refractivity (Wildman–Crippen MR) is 77.3 cm³/mol. The van der Waals surface area contributed by atoms with Crippen molar-refractivity contribution >= 4 is 0 Å². The van der Waals surface area contributed by atoms with Crippen molar-refractivity contribution in [2.45, 2.75) is 38.6 Å². The number of rotatable bonds is 6. The molecular weight excluding hydrogens is 268 g/mol. The lowest BCUT2D eigenvalue weighted by Crippen LogP contribution is -2.19. The Morgan fingerprint density at radius 2 is 2.10 bits per heavy atom. The van der Waals surface area contributed by atoms with Crippen molar-refractivity contribution in [1.29, 1.82) is 5.26 Å². The lowest BCUT2D eigenvalue weighted by Gasteiger charge is -2.17. The summed E-state index contributed by atoms with van der Waals surface area (Å²) in [5.74, 6) is 2.25. The Hall–Kier alpha value is -1.93. The van der Waals surface area contributed by atoms with E-state index in [1.54, 1.807) is 0 Å². The smallest absolute Gasteiger partial charge is 0.231 e. The lowest BCUT2D eigenvalue weighted by molar-refractivity contribution is 0.173. The van der Waals surface area contributed by atoms with Gasteiger partial charge < -0.3 is 19.9 Å². The van der Waals surface area contributed by atoms with Gasteiger partial charge in [-0.05, 0) is 37.8 Å². The van der Waals surface area contributed by atoms with E-state index in [1.807, 2.05) is 19.1 Å². The quantitative estimate of drug-likeness (QED) is 0.869. The Bertz CT molecular complexity index is 574. The van der Waals surface area contributed by atoms with E-state index in [1.165, 1.54) is 0 Å². The summed E-state index contributed by atoms with van der Waals surface area (Å²) in [4.78, 5) is 0. The highest BCUT2D eigenvalue weighted by Crippen LogP contribution is 2.49. The van der Waals surface area contributed by atoms with Crippen LogP contribution < -0.4 is 19.9 Å². The second-order valence-corrected chi connectivity index (χ2v) is 6.12. The zero-order valence-electron chi connectivity index (χ0n) is 12.2. The molecule has 0 saturated heterocycles. The van der Waals surface area contributed by atoms with E-state index in [0.29, 0.717) is 18.8 Å². The summed E-state index contributed by atoms with van der Waals surface area (Å²) >= 11 is 0. The number of fused-ring (bicyclic) bond motifs is 1. The van der Waals surface area contributed by atoms with E-state index < -0.39 is 0 Å². The Balaban J connectivity index is 1.78. The van der Waals surface area contributed by atoms with Gasteiger partial charge in [-0.15, -0.1) is 0 Å². The Labute approximate surface area is 124 Å². The average molecular weight is 288 g/mol. The summed E-state index contributed by atoms with van der Waals surface area (Å²) in [6.45, 7) is 2.79. The summed E-state index contributed by atoms with van der Waals surface area (Å²) in [5.41, 5.74) is 6.99. The number of ether oxygens (including phenoxy) is 3. The molecule has 1 aliphatic carbocycles. The SMILES string of the molecule is CC(N)Cc1cc2c(cc1OCC1(CC#N)CC1)OCO2. The van der Waals surface area contributed by atoms with Crippen LogP contribution in [0.4, 0.5) is 0 Å². The first-order chi connectivity index (χ1) is 10.1. The zero-order valence-corrected chi connectivity index (χ0v) is 12.2. The molecule has 3 rings (SSSR count). The van der Waals surface area contributed by atoms with Crippen LogP contribution >= 0.6 is 0 Å². The second kappa shape index (κ2) is 5.45. The van der Waals surface area contributed by atoms with Crippen molar-refractivity contribution in [3.63, 3.8) is 0 Å². The summed E-state index contributed by atoms with van der Waals surface area (Å²) < 4.78 is 16.8. The summed E-state index contributed by atoms with van der Waals surface area (Å²) in [7, 11) is 0. The van der Waals surface area contributed by atoms with Crippen LogP contribution in [0.25, 0.3) is 0 Å². The molecule has 1 atom stereocenters. The van der Waals surface area contributed by atoms with Gasteiger partial charge in [0.2, 0.25) is 6.79 Å². The van der Waals surface area contributed by atoms with E-state index in [0.717, 1.165) is 36.3 Å². The summed E-state index contributed by atoms with van der Waals surface area (Å²) in [5, 5.41) is 8.88. The molecule has 1 fully saturated rings. The molecule has 0 amide bonds. The topological polar surface area (TPSA) is 77.5 Å². The number of nitrogens with zero attached hydrogens (tertiary/aromatic N) is 1. The molecule has 0 spiro atoms. The largest absolute Gasteiger partial charge is 0.493 e. The van der Waals surface area contributed by atoms with Crippen molar-refractivity contribution in [3.05, 3.63) is 17.7 Å². The first-order valence-corrected chi connectivity index (χ1v) is 7.30. The maximum absolute atomic E-state index is 8.88. The molecule has 1 aromatic carbocycles. The molecule has 5 nitrogen and oxygen atoms in total. The Morgan fingerprint density at radius 1 is 1.38 bits per heavy atom. The minimum absolute atomic E-state index is 0.0433. The molecule has 2 aliphatic rings. The number of hydrogen-bond donors (Lipinski definition) is 1. The second-order valence-electron chi connectivity index (χ2n) is 6.12. The van der Waals surface area contributed by atoms with Crippen LogP contribution in [0.5, 0.6) is 17.2 Å². The molecule has 112 valence electrons. The number of hydrogen-bond acceptors (Lipinski definition) is 5. The minimum Gasteiger partial charge on any atom is -0.493 e. The average Bonchev–Trinajstić information content (AvgIpc) is 3.05. The van der Waals surface area contributed by atoms with Crippen LogP contribution in [0.1, 0.15) is 31.7 Å². The number of benzene rings is 1. The first kappa shape index (κ1) is 14.0. The molecule has 2 N–H and O–H groups in total. The van der Waals surface area contributed by atoms with Gasteiger partial charge in [0.05, 0.1) is 12.7 Å². The van der Waals surface area contributed by atoms with Crippen LogP contribution in [-0.4, -0.2) is 19.4 Å². The van der Waals surface area contributed by atoms with Gasteiger partial charge in [0.15, 0.2) is 11.5 Å². The molecule has 1 heterocycles. The van der Waals surface area contributed by atoms with E-state index >= 15 is 0 Å². The molecule has 21 heavy (non-hydrogen) atoms. The van der Waals surface area contributed by atoms with E-state index in [9.17, 15) is 0 Å². The van der Waals surface area contributed by atoms with Crippen molar-refractivity contribution in [2.24, 2.45) is 11.1 Å². The minimum atomic E-state index is 0.0433. The molecule has 0 bridgehead atoms. The third-order valence-corrected chi connectivity index (χ3v) is 4.04. The number of nitriles is 1. The van der Waals surface area contributed by atoms with Gasteiger partial charge in [0.1, 0.15) is 5.75 Å². The molecule has 5 heteroatoms. The molecule has 0 radical (unpaired) electrons. The normalized spacial score (nSPS) is 18.9. The fourth-order valence-corrected chi connectivity index (χ4v) is 2.55. The van der Waals surface area contributed by atoms with Crippen molar-refractivity contribution < 1.29 is 14.2 Å². The van der Waals surface area contributed by atoms with Gasteiger partial charge in [-0.1, -0.05) is 0 Å². The molecule has 1 unspecified atom stereocenters. The Kier molecular flexibility index (Phi) is 3.64. The van der Waals surface area contributed by atoms with Gasteiger partial charge >= 0.3 is 0 Å². The van der Waals surface area contributed by atoms with Gasteiger partial charge in [0, 0.05) is 23.9 Å². The van der Waals surface area contributed by atoms with Gasteiger partial charge in [-0.3, -0.25) is 0 Å². The van der Waals surface area contributed by atoms with Crippen LogP contribution in [0.2, 0.25) is 0 Å². The number of nitrogens with two attached hydrogens (primary N) is 1. The first-order valence-electron chi connectivity index (χ1n) is 7.30. The van der Waals surface area contributed by atoms with Crippen molar-refractivity contribution in [3.8, 4) is 23.3 Å². The maximum atomic E-state index is 8.88. The van der Waals surface area contributed by atoms with Crippen LogP contribution in [0.15, 0.2) is 12.1 Å². The molecule has 1 aliphatic heterocycles. The highest BCUT2D eigenvalue weighted by molar-refractivity contribution is 5.52. The van der Waals surface area contributed by atoms with Crippen molar-refractivity contribution in [1.82, 2.24) is 0 Å². The van der Waals surface area contributed by atoms with Crippen molar-refractivity contribution in [2.75, 3.05) is 13.4 Å². The highest BCUT2D eigenvalue weighted by Gasteiger charge is 2.43. The summed E-state index contributed by atoms with van der Waals surface area (Å²) in [6, 6.07) is 6.12. The Morgan fingerprint density at radius 3 is 2.71 bits per heavy atom. The summed E-state index contributed by atoms with van der Waals surface area (Å²) in [6.07, 6.45) is 3.40. The zero-order chi connectivity index (χ0) is 14.9.